The number of halogens is 1. The number of ether oxygens (including phenoxy) is 2. The lowest BCUT2D eigenvalue weighted by atomic mass is 9.54. The van der Waals surface area contributed by atoms with Crippen molar-refractivity contribution in [2.75, 3.05) is 64.4 Å². The zero-order chi connectivity index (χ0) is 35.8. The molecule has 8 rings (SSSR count). The summed E-state index contributed by atoms with van der Waals surface area (Å²) >= 11 is 6.51. The lowest BCUT2D eigenvalue weighted by Gasteiger charge is -2.61. The van der Waals surface area contributed by atoms with Crippen LogP contribution in [0.4, 0.5) is 5.69 Å². The third-order valence-electron chi connectivity index (χ3n) is 13.5. The van der Waals surface area contributed by atoms with Gasteiger partial charge in [0.1, 0.15) is 11.4 Å². The second kappa shape index (κ2) is 13.0. The largest absolute Gasteiger partial charge is 0.490 e. The Morgan fingerprint density at radius 1 is 1.04 bits per heavy atom. The summed E-state index contributed by atoms with van der Waals surface area (Å²) in [4.78, 5) is 21.2. The molecule has 3 fully saturated rings. The number of nitrogens with one attached hydrogen (secondary N) is 1. The monoisotopic (exact) mass is 736 g/mol. The molecule has 2 aromatic carbocycles. The molecular weight excluding hydrogens is 684 g/mol. The summed E-state index contributed by atoms with van der Waals surface area (Å²) in [6.07, 6.45) is 10.2. The number of carbonyl (C=O) groups excluding carboxylic acids is 1. The first-order chi connectivity index (χ1) is 24.3. The number of fused-ring (bicyclic) bond motifs is 6. The molecule has 1 N–H and O–H groups in total. The highest BCUT2D eigenvalue weighted by Gasteiger charge is 2.58. The number of amides is 1. The number of likely N-dealkylation sites (N-methyl/N-ethyl adjacent to an activating group) is 1. The van der Waals surface area contributed by atoms with Gasteiger partial charge in [-0.15, -0.1) is 0 Å². The number of carbonyl (C=O) groups is 1. The van der Waals surface area contributed by atoms with E-state index in [1.165, 1.54) is 11.1 Å². The third kappa shape index (κ3) is 6.30. The minimum atomic E-state index is -3.94. The zero-order valence-electron chi connectivity index (χ0n) is 30.5. The predicted molar refractivity (Wildman–Crippen MR) is 201 cm³/mol. The molecule has 1 amide bonds. The summed E-state index contributed by atoms with van der Waals surface area (Å²) in [7, 11) is -1.75. The number of hydrogen-bond acceptors (Lipinski definition) is 8. The summed E-state index contributed by atoms with van der Waals surface area (Å²) in [5.74, 6) is 0.169. The fourth-order valence-corrected chi connectivity index (χ4v) is 11.7. The molecule has 9 nitrogen and oxygen atoms in total. The average Bonchev–Trinajstić information content (AvgIpc) is 3.23. The lowest BCUT2D eigenvalue weighted by molar-refractivity contribution is -0.191. The van der Waals surface area contributed by atoms with Crippen LogP contribution in [-0.4, -0.2) is 101 Å². The van der Waals surface area contributed by atoms with Crippen molar-refractivity contribution in [3.8, 4) is 5.75 Å². The van der Waals surface area contributed by atoms with E-state index < -0.39 is 26.8 Å². The number of aryl methyl sites for hydroxylation is 1. The highest BCUT2D eigenvalue weighted by atomic mass is 35.5. The van der Waals surface area contributed by atoms with E-state index in [0.717, 1.165) is 87.8 Å². The maximum absolute atomic E-state index is 13.7. The number of morpholine rings is 1. The van der Waals surface area contributed by atoms with E-state index in [4.69, 9.17) is 21.1 Å². The Bertz CT molecular complexity index is 1840. The molecule has 0 aromatic heterocycles. The van der Waals surface area contributed by atoms with E-state index in [9.17, 15) is 13.2 Å². The van der Waals surface area contributed by atoms with E-state index in [1.807, 2.05) is 25.1 Å². The first-order valence-corrected chi connectivity index (χ1v) is 20.8. The third-order valence-corrected chi connectivity index (χ3v) is 15.7. The van der Waals surface area contributed by atoms with Crippen molar-refractivity contribution in [1.29, 1.82) is 0 Å². The lowest BCUT2D eigenvalue weighted by Crippen LogP contribution is -2.68. The van der Waals surface area contributed by atoms with Gasteiger partial charge >= 0.3 is 0 Å². The van der Waals surface area contributed by atoms with E-state index in [0.29, 0.717) is 31.2 Å². The number of allylic oxidation sites excluding steroid dienone is 1. The van der Waals surface area contributed by atoms with Crippen LogP contribution < -0.4 is 14.4 Å². The molecule has 2 bridgehead atoms. The quantitative estimate of drug-likeness (QED) is 0.347. The minimum Gasteiger partial charge on any atom is -0.490 e. The van der Waals surface area contributed by atoms with Crippen LogP contribution >= 0.6 is 11.6 Å². The molecule has 2 spiro atoms. The van der Waals surface area contributed by atoms with Gasteiger partial charge in [-0.2, -0.15) is 0 Å². The fraction of sp³-hybridized carbons (Fsp3) is 0.625. The van der Waals surface area contributed by atoms with Crippen molar-refractivity contribution in [3.05, 3.63) is 70.3 Å². The van der Waals surface area contributed by atoms with Gasteiger partial charge in [0.15, 0.2) is 0 Å². The van der Waals surface area contributed by atoms with Crippen molar-refractivity contribution in [2.45, 2.75) is 81.6 Å². The van der Waals surface area contributed by atoms with Gasteiger partial charge in [-0.25, -0.2) is 13.1 Å². The Morgan fingerprint density at radius 3 is 2.69 bits per heavy atom. The van der Waals surface area contributed by atoms with Gasteiger partial charge in [0.25, 0.3) is 5.91 Å². The molecule has 1 saturated carbocycles. The Morgan fingerprint density at radius 2 is 1.88 bits per heavy atom. The second-order valence-electron chi connectivity index (χ2n) is 17.0. The molecule has 276 valence electrons. The summed E-state index contributed by atoms with van der Waals surface area (Å²) in [6, 6.07) is 12.1. The molecule has 1 unspecified atom stereocenters. The van der Waals surface area contributed by atoms with Crippen molar-refractivity contribution >= 4 is 33.2 Å². The smallest absolute Gasteiger partial charge is 0.264 e. The molecule has 2 saturated heterocycles. The molecule has 2 aliphatic carbocycles. The Balaban J connectivity index is 1.23. The molecule has 11 heteroatoms. The topological polar surface area (TPSA) is 91.4 Å². The fourth-order valence-electron chi connectivity index (χ4n) is 10.2. The maximum atomic E-state index is 13.7. The van der Waals surface area contributed by atoms with Crippen LogP contribution in [0.1, 0.15) is 74.4 Å². The maximum Gasteiger partial charge on any atom is 0.264 e. The number of nitrogens with zero attached hydrogens (tertiary/aromatic N) is 3. The van der Waals surface area contributed by atoms with Crippen LogP contribution in [-0.2, 0) is 26.6 Å². The number of piperazine rings is 1. The van der Waals surface area contributed by atoms with Crippen LogP contribution in [0.25, 0.3) is 0 Å². The van der Waals surface area contributed by atoms with Crippen molar-refractivity contribution in [2.24, 2.45) is 17.3 Å². The number of rotatable bonds is 0. The molecular formula is C40H53ClN4O5S. The first-order valence-electron chi connectivity index (χ1n) is 18.9. The number of anilines is 1. The number of hydrogen-bond donors (Lipinski definition) is 1. The zero-order valence-corrected chi connectivity index (χ0v) is 32.1. The highest BCUT2D eigenvalue weighted by molar-refractivity contribution is 7.90. The molecule has 2 aromatic rings. The summed E-state index contributed by atoms with van der Waals surface area (Å²) in [5, 5.41) is -0.0141. The van der Waals surface area contributed by atoms with Crippen LogP contribution in [0.2, 0.25) is 5.02 Å². The molecule has 51 heavy (non-hydrogen) atoms. The van der Waals surface area contributed by atoms with Crippen molar-refractivity contribution in [1.82, 2.24) is 14.5 Å². The Kier molecular flexibility index (Phi) is 9.05. The summed E-state index contributed by atoms with van der Waals surface area (Å²) in [5.41, 5.74) is 2.89. The van der Waals surface area contributed by atoms with E-state index >= 15 is 0 Å². The van der Waals surface area contributed by atoms with Gasteiger partial charge in [0.05, 0.1) is 24.2 Å². The molecule has 0 radical (unpaired) electrons. The minimum absolute atomic E-state index is 0.0817. The number of sulfonamides is 1. The van der Waals surface area contributed by atoms with Crippen LogP contribution in [0.3, 0.4) is 0 Å². The van der Waals surface area contributed by atoms with Crippen LogP contribution in [0.5, 0.6) is 5.75 Å². The van der Waals surface area contributed by atoms with Crippen LogP contribution in [0, 0.1) is 17.3 Å². The highest BCUT2D eigenvalue weighted by Crippen LogP contribution is 2.56. The van der Waals surface area contributed by atoms with E-state index in [1.54, 1.807) is 13.0 Å². The second-order valence-corrected chi connectivity index (χ2v) is 19.4. The van der Waals surface area contributed by atoms with Gasteiger partial charge < -0.3 is 19.3 Å². The van der Waals surface area contributed by atoms with Crippen molar-refractivity contribution in [3.63, 3.8) is 0 Å². The summed E-state index contributed by atoms with van der Waals surface area (Å²) < 4.78 is 43.4. The SMILES string of the molecule is C[C@@H]1[C@@H](C)C/C=C/[C@]2(CN3CCN(C)C[C@@H]3CO2)[C@@H]2CCC2(C)CN2C[C@@]3(CCCc4cc(Cl)ccc43)COc3ccc(cc32)C(=O)NS1(=O)=O. The molecule has 4 aliphatic heterocycles. The molecule has 4 heterocycles. The van der Waals surface area contributed by atoms with Gasteiger partial charge in [-0.05, 0) is 111 Å². The van der Waals surface area contributed by atoms with Crippen molar-refractivity contribution < 1.29 is 22.7 Å². The van der Waals surface area contributed by atoms with E-state index in [2.05, 4.69) is 57.7 Å². The normalized spacial score (nSPS) is 37.6. The Labute approximate surface area is 308 Å². The van der Waals surface area contributed by atoms with Gasteiger partial charge in [0, 0.05) is 61.3 Å². The molecule has 7 atom stereocenters. The summed E-state index contributed by atoms with van der Waals surface area (Å²) in [6.45, 7) is 12.7. The van der Waals surface area contributed by atoms with Gasteiger partial charge in [-0.3, -0.25) is 9.69 Å². The Hall–Kier alpha value is -2.63. The average molecular weight is 737 g/mol. The standard InChI is InChI=1S/C40H53ClN4O5S/c1-27-7-5-15-40(25-44-18-17-43(4)21-32(44)22-50-40)36-13-16-38(36,3)23-45-24-39(14-6-8-29-19-31(41)10-11-33(29)39)26-49-35-12-9-30(20-34(35)45)37(46)42-51(47,48)28(27)2/h5,9-12,15,19-20,27-28,32,36H,6-8,13-14,16-18,21-26H2,1-4H3,(H,42,46)/b15-5+/t27-,28+,32+,36+,38?,39-,40-/m0/s1. The first kappa shape index (κ1) is 35.4. The predicted octanol–water partition coefficient (Wildman–Crippen LogP) is 5.66. The van der Waals surface area contributed by atoms with Crippen LogP contribution in [0.15, 0.2) is 48.6 Å². The van der Waals surface area contributed by atoms with Gasteiger partial charge in [-0.1, -0.05) is 43.7 Å². The number of benzene rings is 2. The molecule has 6 aliphatic rings. The van der Waals surface area contributed by atoms with E-state index in [-0.39, 0.29) is 22.7 Å². The van der Waals surface area contributed by atoms with Gasteiger partial charge in [0.2, 0.25) is 10.0 Å².